The van der Waals surface area contributed by atoms with Crippen LogP contribution in [0, 0.1) is 0 Å². The highest BCUT2D eigenvalue weighted by molar-refractivity contribution is 5.77. The molecule has 0 radical (unpaired) electrons. The summed E-state index contributed by atoms with van der Waals surface area (Å²) in [6.07, 6.45) is 0.953. The number of likely N-dealkylation sites (N-methyl/N-ethyl adjacent to an activating group) is 1. The minimum Gasteiger partial charge on any atom is -0.379 e. The lowest BCUT2D eigenvalue weighted by atomic mass is 10.5. The van der Waals surface area contributed by atoms with Crippen LogP contribution in [0.2, 0.25) is 0 Å². The average Bonchev–Trinajstić information content (AvgIpc) is 2.79. The fraction of sp³-hybridized carbons (Fsp3) is 0.857. The molecule has 3 amide bonds. The number of carbonyl (C=O) groups excluding carboxylic acids is 3. The fourth-order valence-electron chi connectivity index (χ4n) is 2.17. The van der Waals surface area contributed by atoms with Crippen LogP contribution >= 0.6 is 0 Å². The van der Waals surface area contributed by atoms with E-state index in [1.165, 1.54) is 0 Å². The van der Waals surface area contributed by atoms with E-state index in [9.17, 15) is 14.4 Å². The summed E-state index contributed by atoms with van der Waals surface area (Å²) in [7, 11) is 0. The Kier molecular flexibility index (Phi) is 23.4. The second kappa shape index (κ2) is 24.8. The molecule has 0 rings (SSSR count). The maximum Gasteiger partial charge on any atom is 0.246 e. The molecule has 0 saturated carbocycles. The molecule has 0 heterocycles. The van der Waals surface area contributed by atoms with Crippen molar-refractivity contribution in [3.05, 3.63) is 0 Å². The summed E-state index contributed by atoms with van der Waals surface area (Å²) in [5, 5.41) is 7.96. The van der Waals surface area contributed by atoms with Gasteiger partial charge in [-0.15, -0.1) is 0 Å². The van der Waals surface area contributed by atoms with Gasteiger partial charge in [-0.1, -0.05) is 6.92 Å². The number of carbonyl (C=O) groups is 3. The zero-order valence-electron chi connectivity index (χ0n) is 20.0. The van der Waals surface area contributed by atoms with E-state index in [-0.39, 0.29) is 44.1 Å². The van der Waals surface area contributed by atoms with E-state index >= 15 is 0 Å². The molecule has 0 unspecified atom stereocenters. The number of nitrogens with one attached hydrogen (secondary N) is 3. The van der Waals surface area contributed by atoms with E-state index in [1.807, 2.05) is 13.8 Å². The largest absolute Gasteiger partial charge is 0.379 e. The molecule has 12 heteroatoms. The van der Waals surface area contributed by atoms with Crippen molar-refractivity contribution in [2.24, 2.45) is 0 Å². The fourth-order valence-corrected chi connectivity index (χ4v) is 2.17. The second-order valence-electron chi connectivity index (χ2n) is 6.65. The maximum absolute atomic E-state index is 11.6. The van der Waals surface area contributed by atoms with Gasteiger partial charge in [0.25, 0.3) is 0 Å². The molecule has 0 aromatic rings. The Bertz CT molecular complexity index is 496. The highest BCUT2D eigenvalue weighted by Crippen LogP contribution is 1.84. The summed E-state index contributed by atoms with van der Waals surface area (Å²) < 4.78 is 31.4. The van der Waals surface area contributed by atoms with Crippen LogP contribution in [0.5, 0.6) is 0 Å². The van der Waals surface area contributed by atoms with Crippen LogP contribution in [0.25, 0.3) is 0 Å². The predicted octanol–water partition coefficient (Wildman–Crippen LogP) is -1.14. The number of hydrogen-bond donors (Lipinski definition) is 3. The first-order chi connectivity index (χ1) is 16.1. The molecule has 12 nitrogen and oxygen atoms in total. The molecule has 0 aromatic carbocycles. The molecule has 0 aliphatic heterocycles. The molecule has 194 valence electrons. The zero-order valence-corrected chi connectivity index (χ0v) is 20.0. The van der Waals surface area contributed by atoms with E-state index in [0.717, 1.165) is 6.42 Å². The summed E-state index contributed by atoms with van der Waals surface area (Å²) in [4.78, 5) is 34.3. The summed E-state index contributed by atoms with van der Waals surface area (Å²) >= 11 is 0. The third kappa shape index (κ3) is 24.6. The Labute approximate surface area is 196 Å². The van der Waals surface area contributed by atoms with Gasteiger partial charge in [0.15, 0.2) is 0 Å². The van der Waals surface area contributed by atoms with Crippen LogP contribution < -0.4 is 16.0 Å². The summed E-state index contributed by atoms with van der Waals surface area (Å²) in [5.74, 6) is -0.622. The Morgan fingerprint density at radius 2 is 0.848 bits per heavy atom. The average molecular weight is 480 g/mol. The van der Waals surface area contributed by atoms with Crippen LogP contribution in [0.4, 0.5) is 0 Å². The van der Waals surface area contributed by atoms with Crippen LogP contribution in [-0.2, 0) is 42.8 Å². The van der Waals surface area contributed by atoms with Gasteiger partial charge in [-0.05, 0) is 13.3 Å². The number of rotatable bonds is 24. The van der Waals surface area contributed by atoms with E-state index in [0.29, 0.717) is 72.5 Å². The zero-order chi connectivity index (χ0) is 24.4. The molecule has 33 heavy (non-hydrogen) atoms. The molecule has 0 saturated heterocycles. The van der Waals surface area contributed by atoms with Gasteiger partial charge in [0.1, 0.15) is 19.8 Å². The van der Waals surface area contributed by atoms with Crippen LogP contribution in [-0.4, -0.2) is 117 Å². The first-order valence-corrected chi connectivity index (χ1v) is 11.4. The first-order valence-electron chi connectivity index (χ1n) is 11.4. The standard InChI is InChI=1S/C21H41N3O9/c1-3-7-28-10-13-32-17-20(26)23-6-9-30-12-15-33-18-21(27)24-5-8-29-11-14-31-16-19(25)22-4-2/h3-18H2,1-2H3,(H,22,25)(H,23,26)(H,24,27). The molecule has 0 aliphatic rings. The van der Waals surface area contributed by atoms with Gasteiger partial charge in [0.2, 0.25) is 17.7 Å². The van der Waals surface area contributed by atoms with Crippen molar-refractivity contribution in [3.63, 3.8) is 0 Å². The van der Waals surface area contributed by atoms with Crippen LogP contribution in [0.1, 0.15) is 20.3 Å². The number of hydrogen-bond acceptors (Lipinski definition) is 9. The van der Waals surface area contributed by atoms with Crippen molar-refractivity contribution in [2.45, 2.75) is 20.3 Å². The number of ether oxygens (including phenoxy) is 6. The lowest BCUT2D eigenvalue weighted by Crippen LogP contribution is -2.32. The SMILES string of the molecule is CCCOCCOCC(=O)NCCOCCOCC(=O)NCCOCCOCC(=O)NCC. The van der Waals surface area contributed by atoms with Crippen molar-refractivity contribution in [1.82, 2.24) is 16.0 Å². The Hall–Kier alpha value is -1.83. The molecule has 0 atom stereocenters. The minimum atomic E-state index is -0.251. The third-order valence-electron chi connectivity index (χ3n) is 3.68. The molecule has 3 N–H and O–H groups in total. The van der Waals surface area contributed by atoms with E-state index in [4.69, 9.17) is 28.4 Å². The monoisotopic (exact) mass is 479 g/mol. The lowest BCUT2D eigenvalue weighted by Gasteiger charge is -2.09. The van der Waals surface area contributed by atoms with E-state index < -0.39 is 0 Å². The maximum atomic E-state index is 11.6. The summed E-state index contributed by atoms with van der Waals surface area (Å²) in [6.45, 7) is 8.53. The van der Waals surface area contributed by atoms with Gasteiger partial charge in [-0.2, -0.15) is 0 Å². The van der Waals surface area contributed by atoms with Gasteiger partial charge < -0.3 is 44.4 Å². The molecular formula is C21H41N3O9. The van der Waals surface area contributed by atoms with Crippen molar-refractivity contribution in [1.29, 1.82) is 0 Å². The Morgan fingerprint density at radius 3 is 1.24 bits per heavy atom. The number of amides is 3. The third-order valence-corrected chi connectivity index (χ3v) is 3.68. The van der Waals surface area contributed by atoms with Crippen molar-refractivity contribution in [3.8, 4) is 0 Å². The predicted molar refractivity (Wildman–Crippen MR) is 120 cm³/mol. The Morgan fingerprint density at radius 1 is 0.485 bits per heavy atom. The summed E-state index contributed by atoms with van der Waals surface area (Å²) in [6, 6.07) is 0. The molecule has 0 fully saturated rings. The normalized spacial score (nSPS) is 10.7. The van der Waals surface area contributed by atoms with E-state index in [1.54, 1.807) is 0 Å². The molecular weight excluding hydrogens is 438 g/mol. The molecule has 0 aliphatic carbocycles. The summed E-state index contributed by atoms with van der Waals surface area (Å²) in [5.41, 5.74) is 0. The Balaban J connectivity index is 3.30. The highest BCUT2D eigenvalue weighted by Gasteiger charge is 2.03. The van der Waals surface area contributed by atoms with Crippen molar-refractivity contribution >= 4 is 17.7 Å². The van der Waals surface area contributed by atoms with Gasteiger partial charge in [0.05, 0.1) is 52.9 Å². The topological polar surface area (TPSA) is 143 Å². The van der Waals surface area contributed by atoms with E-state index in [2.05, 4.69) is 16.0 Å². The van der Waals surface area contributed by atoms with Gasteiger partial charge >= 0.3 is 0 Å². The van der Waals surface area contributed by atoms with Crippen LogP contribution in [0.15, 0.2) is 0 Å². The lowest BCUT2D eigenvalue weighted by molar-refractivity contribution is -0.127. The molecule has 0 spiro atoms. The van der Waals surface area contributed by atoms with Gasteiger partial charge in [0, 0.05) is 26.2 Å². The molecule has 0 aromatic heterocycles. The van der Waals surface area contributed by atoms with Gasteiger partial charge in [-0.25, -0.2) is 0 Å². The molecule has 0 bridgehead atoms. The van der Waals surface area contributed by atoms with Crippen molar-refractivity contribution in [2.75, 3.05) is 98.9 Å². The highest BCUT2D eigenvalue weighted by atomic mass is 16.5. The second-order valence-corrected chi connectivity index (χ2v) is 6.65. The van der Waals surface area contributed by atoms with Crippen LogP contribution in [0.3, 0.4) is 0 Å². The smallest absolute Gasteiger partial charge is 0.246 e. The minimum absolute atomic E-state index is 0.00797. The van der Waals surface area contributed by atoms with Crippen molar-refractivity contribution < 1.29 is 42.8 Å². The van der Waals surface area contributed by atoms with Gasteiger partial charge in [-0.3, -0.25) is 14.4 Å². The quantitative estimate of drug-likeness (QED) is 0.146. The first kappa shape index (κ1) is 31.2.